The first kappa shape index (κ1) is 9.03. The normalized spacial score (nSPS) is 18.7. The SMILES string of the molecule is Cc1ccc(C2(N)CC2)c(Br)c1O. The van der Waals surface area contributed by atoms with Gasteiger partial charge in [0.15, 0.2) is 0 Å². The molecular weight excluding hydrogens is 230 g/mol. The molecule has 0 saturated heterocycles. The molecule has 1 fully saturated rings. The monoisotopic (exact) mass is 241 g/mol. The standard InChI is InChI=1S/C10H12BrNO/c1-6-2-3-7(8(11)9(6)13)10(12)4-5-10/h2-3,13H,4-5,12H2,1H3. The summed E-state index contributed by atoms with van der Waals surface area (Å²) in [7, 11) is 0. The van der Waals surface area contributed by atoms with Crippen LogP contribution >= 0.6 is 15.9 Å². The number of nitrogens with two attached hydrogens (primary N) is 1. The van der Waals surface area contributed by atoms with Crippen molar-refractivity contribution < 1.29 is 5.11 Å². The van der Waals surface area contributed by atoms with Crippen LogP contribution in [0.4, 0.5) is 0 Å². The topological polar surface area (TPSA) is 46.2 Å². The molecule has 0 spiro atoms. The van der Waals surface area contributed by atoms with Gasteiger partial charge in [-0.1, -0.05) is 12.1 Å². The second-order valence-corrected chi connectivity index (χ2v) is 4.54. The first-order valence-electron chi connectivity index (χ1n) is 4.32. The number of aryl methyl sites for hydroxylation is 1. The molecule has 0 aromatic heterocycles. The molecule has 70 valence electrons. The molecule has 1 aliphatic rings. The van der Waals surface area contributed by atoms with Crippen molar-refractivity contribution in [2.45, 2.75) is 25.3 Å². The number of hydrogen-bond acceptors (Lipinski definition) is 2. The third kappa shape index (κ3) is 1.36. The lowest BCUT2D eigenvalue weighted by Gasteiger charge is -2.13. The Labute approximate surface area is 85.9 Å². The highest BCUT2D eigenvalue weighted by atomic mass is 79.9. The van der Waals surface area contributed by atoms with Crippen molar-refractivity contribution in [2.75, 3.05) is 0 Å². The summed E-state index contributed by atoms with van der Waals surface area (Å²) in [5.41, 5.74) is 7.75. The lowest BCUT2D eigenvalue weighted by Crippen LogP contribution is -2.19. The van der Waals surface area contributed by atoms with E-state index >= 15 is 0 Å². The fourth-order valence-corrected chi connectivity index (χ4v) is 2.29. The molecule has 1 aromatic rings. The van der Waals surface area contributed by atoms with Crippen molar-refractivity contribution in [1.82, 2.24) is 0 Å². The molecule has 2 rings (SSSR count). The second-order valence-electron chi connectivity index (χ2n) is 3.75. The maximum atomic E-state index is 9.68. The van der Waals surface area contributed by atoms with Crippen molar-refractivity contribution in [3.8, 4) is 5.75 Å². The third-order valence-corrected chi connectivity index (χ3v) is 3.45. The fourth-order valence-electron chi connectivity index (χ4n) is 1.45. The molecule has 0 heterocycles. The zero-order valence-electron chi connectivity index (χ0n) is 7.47. The Hall–Kier alpha value is -0.540. The van der Waals surface area contributed by atoms with Crippen LogP contribution in [0.25, 0.3) is 0 Å². The number of aromatic hydroxyl groups is 1. The van der Waals surface area contributed by atoms with Gasteiger partial charge in [0.25, 0.3) is 0 Å². The van der Waals surface area contributed by atoms with Crippen molar-refractivity contribution in [1.29, 1.82) is 0 Å². The van der Waals surface area contributed by atoms with Gasteiger partial charge < -0.3 is 10.8 Å². The molecule has 13 heavy (non-hydrogen) atoms. The zero-order chi connectivity index (χ0) is 9.64. The molecule has 0 aliphatic heterocycles. The quantitative estimate of drug-likeness (QED) is 0.794. The van der Waals surface area contributed by atoms with Crippen molar-refractivity contribution in [3.63, 3.8) is 0 Å². The third-order valence-electron chi connectivity index (χ3n) is 2.64. The van der Waals surface area contributed by atoms with Gasteiger partial charge in [-0.15, -0.1) is 0 Å². The number of benzene rings is 1. The zero-order valence-corrected chi connectivity index (χ0v) is 9.06. The van der Waals surface area contributed by atoms with Crippen LogP contribution in [-0.2, 0) is 5.54 Å². The maximum Gasteiger partial charge on any atom is 0.133 e. The van der Waals surface area contributed by atoms with Gasteiger partial charge in [-0.2, -0.15) is 0 Å². The summed E-state index contributed by atoms with van der Waals surface area (Å²) >= 11 is 3.38. The predicted octanol–water partition coefficient (Wildman–Crippen LogP) is 2.41. The molecule has 0 amide bonds. The van der Waals surface area contributed by atoms with Gasteiger partial charge in [0.1, 0.15) is 5.75 Å². The Morgan fingerprint density at radius 2 is 2.08 bits per heavy atom. The minimum atomic E-state index is -0.190. The first-order valence-corrected chi connectivity index (χ1v) is 5.11. The van der Waals surface area contributed by atoms with E-state index in [1.165, 1.54) is 0 Å². The lowest BCUT2D eigenvalue weighted by atomic mass is 10.0. The lowest BCUT2D eigenvalue weighted by molar-refractivity contribution is 0.465. The van der Waals surface area contributed by atoms with E-state index in [4.69, 9.17) is 5.73 Å². The molecule has 2 nitrogen and oxygen atoms in total. The van der Waals surface area contributed by atoms with Crippen LogP contribution in [0.15, 0.2) is 16.6 Å². The van der Waals surface area contributed by atoms with E-state index in [0.717, 1.165) is 28.4 Å². The molecule has 0 bridgehead atoms. The summed E-state index contributed by atoms with van der Waals surface area (Å²) in [4.78, 5) is 0. The van der Waals surface area contributed by atoms with E-state index in [1.54, 1.807) is 0 Å². The second kappa shape index (κ2) is 2.72. The minimum absolute atomic E-state index is 0.190. The van der Waals surface area contributed by atoms with Crippen LogP contribution in [0.5, 0.6) is 5.75 Å². The van der Waals surface area contributed by atoms with Crippen LogP contribution in [0.3, 0.4) is 0 Å². The Balaban J connectivity index is 2.54. The molecule has 1 saturated carbocycles. The van der Waals surface area contributed by atoms with Crippen LogP contribution < -0.4 is 5.73 Å². The Kier molecular flexibility index (Phi) is 1.89. The smallest absolute Gasteiger partial charge is 0.133 e. The molecular formula is C10H12BrNO. The van der Waals surface area contributed by atoms with Gasteiger partial charge in [-0.3, -0.25) is 0 Å². The van der Waals surface area contributed by atoms with Crippen LogP contribution in [0.1, 0.15) is 24.0 Å². The van der Waals surface area contributed by atoms with Gasteiger partial charge in [-0.25, -0.2) is 0 Å². The van der Waals surface area contributed by atoms with Crippen LogP contribution in [0, 0.1) is 6.92 Å². The van der Waals surface area contributed by atoms with Crippen molar-refractivity contribution in [3.05, 3.63) is 27.7 Å². The summed E-state index contributed by atoms with van der Waals surface area (Å²) in [6, 6.07) is 3.90. The number of phenols is 1. The van der Waals surface area contributed by atoms with E-state index in [2.05, 4.69) is 15.9 Å². The van der Waals surface area contributed by atoms with E-state index in [0.29, 0.717) is 5.75 Å². The first-order chi connectivity index (χ1) is 6.04. The highest BCUT2D eigenvalue weighted by Gasteiger charge is 2.41. The van der Waals surface area contributed by atoms with Crippen LogP contribution in [0.2, 0.25) is 0 Å². The van der Waals surface area contributed by atoms with Gasteiger partial charge in [-0.05, 0) is 46.8 Å². The van der Waals surface area contributed by atoms with Gasteiger partial charge in [0.2, 0.25) is 0 Å². The van der Waals surface area contributed by atoms with E-state index in [-0.39, 0.29) is 5.54 Å². The molecule has 1 aromatic carbocycles. The Morgan fingerprint density at radius 3 is 2.62 bits per heavy atom. The maximum absolute atomic E-state index is 9.68. The summed E-state index contributed by atoms with van der Waals surface area (Å²) in [6.07, 6.45) is 2.02. The highest BCUT2D eigenvalue weighted by Crippen LogP contribution is 2.48. The number of halogens is 1. The van der Waals surface area contributed by atoms with E-state index < -0.39 is 0 Å². The Morgan fingerprint density at radius 1 is 1.46 bits per heavy atom. The summed E-state index contributed by atoms with van der Waals surface area (Å²) in [5, 5.41) is 9.68. The predicted molar refractivity (Wildman–Crippen MR) is 55.6 cm³/mol. The summed E-state index contributed by atoms with van der Waals surface area (Å²) in [6.45, 7) is 1.87. The number of rotatable bonds is 1. The van der Waals surface area contributed by atoms with Gasteiger partial charge in [0.05, 0.1) is 4.47 Å². The van der Waals surface area contributed by atoms with Gasteiger partial charge >= 0.3 is 0 Å². The average Bonchev–Trinajstić information content (AvgIpc) is 2.80. The minimum Gasteiger partial charge on any atom is -0.506 e. The molecule has 0 radical (unpaired) electrons. The summed E-state index contributed by atoms with van der Waals surface area (Å²) < 4.78 is 0.757. The number of phenolic OH excluding ortho intramolecular Hbond substituents is 1. The summed E-state index contributed by atoms with van der Waals surface area (Å²) in [5.74, 6) is 0.314. The molecule has 1 aliphatic carbocycles. The van der Waals surface area contributed by atoms with Gasteiger partial charge in [0, 0.05) is 5.54 Å². The van der Waals surface area contributed by atoms with E-state index in [1.807, 2.05) is 19.1 Å². The molecule has 0 unspecified atom stereocenters. The van der Waals surface area contributed by atoms with Crippen molar-refractivity contribution >= 4 is 15.9 Å². The largest absolute Gasteiger partial charge is 0.506 e. The highest BCUT2D eigenvalue weighted by molar-refractivity contribution is 9.10. The van der Waals surface area contributed by atoms with Crippen molar-refractivity contribution in [2.24, 2.45) is 5.73 Å². The van der Waals surface area contributed by atoms with Crippen LogP contribution in [-0.4, -0.2) is 5.11 Å². The fraction of sp³-hybridized carbons (Fsp3) is 0.400. The molecule has 0 atom stereocenters. The number of hydrogen-bond donors (Lipinski definition) is 2. The molecule has 3 N–H and O–H groups in total. The molecule has 3 heteroatoms. The average molecular weight is 242 g/mol. The Bertz CT molecular complexity index is 358. The van der Waals surface area contributed by atoms with E-state index in [9.17, 15) is 5.11 Å².